The smallest absolute Gasteiger partial charge is 0.238 e. The van der Waals surface area contributed by atoms with E-state index in [0.29, 0.717) is 11.4 Å². The number of ether oxygens (including phenoxy) is 1. The molecule has 0 aromatic carbocycles. The van der Waals surface area contributed by atoms with Gasteiger partial charge in [0.2, 0.25) is 5.88 Å². The van der Waals surface area contributed by atoms with Gasteiger partial charge in [-0.15, -0.1) is 0 Å². The van der Waals surface area contributed by atoms with Crippen LogP contribution in [0.1, 0.15) is 10.4 Å². The van der Waals surface area contributed by atoms with Gasteiger partial charge in [-0.05, 0) is 6.07 Å². The third-order valence-corrected chi connectivity index (χ3v) is 1.92. The number of hydrogen-bond donors (Lipinski definition) is 1. The summed E-state index contributed by atoms with van der Waals surface area (Å²) in [7, 11) is 1.54. The van der Waals surface area contributed by atoms with E-state index in [4.69, 9.17) is 4.74 Å². The highest BCUT2D eigenvalue weighted by Gasteiger charge is 2.07. The Balaban J connectivity index is 2.79. The Labute approximate surface area is 74.5 Å². The molecule has 0 aliphatic rings. The number of rotatable bonds is 2. The Morgan fingerprint density at radius 1 is 1.62 bits per heavy atom. The summed E-state index contributed by atoms with van der Waals surface area (Å²) in [6, 6.07) is 1.78. The van der Waals surface area contributed by atoms with Gasteiger partial charge in [-0.3, -0.25) is 4.79 Å². The molecule has 0 bridgehead atoms. The average molecular weight is 176 g/mol. The van der Waals surface area contributed by atoms with Crippen molar-refractivity contribution < 1.29 is 9.53 Å². The van der Waals surface area contributed by atoms with Gasteiger partial charge < -0.3 is 9.72 Å². The van der Waals surface area contributed by atoms with E-state index in [1.54, 1.807) is 25.6 Å². The van der Waals surface area contributed by atoms with Gasteiger partial charge in [-0.1, -0.05) is 0 Å². The molecule has 0 fully saturated rings. The van der Waals surface area contributed by atoms with Crippen molar-refractivity contribution in [1.29, 1.82) is 0 Å². The summed E-state index contributed by atoms with van der Waals surface area (Å²) in [4.78, 5) is 17.5. The number of aromatic nitrogens is 2. The molecule has 0 saturated heterocycles. The number of pyridine rings is 1. The molecular formula is C9H8N2O2. The van der Waals surface area contributed by atoms with Crippen molar-refractivity contribution in [3.63, 3.8) is 0 Å². The molecule has 2 heterocycles. The molecule has 1 N–H and O–H groups in total. The van der Waals surface area contributed by atoms with Crippen molar-refractivity contribution in [3.8, 4) is 5.88 Å². The molecule has 2 aromatic rings. The predicted molar refractivity (Wildman–Crippen MR) is 48.0 cm³/mol. The van der Waals surface area contributed by atoms with Crippen LogP contribution in [0.25, 0.3) is 10.9 Å². The summed E-state index contributed by atoms with van der Waals surface area (Å²) >= 11 is 0. The fourth-order valence-corrected chi connectivity index (χ4v) is 1.30. The van der Waals surface area contributed by atoms with E-state index >= 15 is 0 Å². The van der Waals surface area contributed by atoms with Crippen molar-refractivity contribution in [2.75, 3.05) is 7.11 Å². The Morgan fingerprint density at radius 2 is 2.46 bits per heavy atom. The van der Waals surface area contributed by atoms with E-state index in [1.165, 1.54) is 0 Å². The second kappa shape index (κ2) is 2.90. The van der Waals surface area contributed by atoms with Crippen LogP contribution in [0.5, 0.6) is 5.88 Å². The molecule has 0 spiro atoms. The second-order valence-electron chi connectivity index (χ2n) is 2.60. The first-order chi connectivity index (χ1) is 6.36. The third kappa shape index (κ3) is 1.07. The number of carbonyl (C=O) groups is 1. The number of carbonyl (C=O) groups excluding carboxylic acids is 1. The van der Waals surface area contributed by atoms with Crippen molar-refractivity contribution in [2.24, 2.45) is 0 Å². The van der Waals surface area contributed by atoms with Crippen molar-refractivity contribution in [1.82, 2.24) is 9.97 Å². The van der Waals surface area contributed by atoms with E-state index in [0.717, 1.165) is 17.2 Å². The van der Waals surface area contributed by atoms with Gasteiger partial charge in [-0.2, -0.15) is 0 Å². The predicted octanol–water partition coefficient (Wildman–Crippen LogP) is 1.38. The van der Waals surface area contributed by atoms with Crippen LogP contribution in [0.4, 0.5) is 0 Å². The topological polar surface area (TPSA) is 55.0 Å². The molecule has 66 valence electrons. The first-order valence-corrected chi connectivity index (χ1v) is 3.82. The molecule has 4 nitrogen and oxygen atoms in total. The van der Waals surface area contributed by atoms with Gasteiger partial charge in [0, 0.05) is 23.3 Å². The Hall–Kier alpha value is -1.84. The maximum atomic E-state index is 10.6. The Morgan fingerprint density at radius 3 is 3.15 bits per heavy atom. The molecule has 0 aliphatic carbocycles. The number of nitrogens with zero attached hydrogens (tertiary/aromatic N) is 1. The molecule has 2 rings (SSSR count). The molecule has 0 amide bonds. The van der Waals surface area contributed by atoms with Crippen LogP contribution in [0.3, 0.4) is 0 Å². The highest BCUT2D eigenvalue weighted by molar-refractivity contribution is 5.98. The lowest BCUT2D eigenvalue weighted by molar-refractivity contribution is 0.112. The average Bonchev–Trinajstić information content (AvgIpc) is 2.60. The molecular weight excluding hydrogens is 168 g/mol. The zero-order valence-corrected chi connectivity index (χ0v) is 7.07. The maximum Gasteiger partial charge on any atom is 0.238 e. The molecule has 13 heavy (non-hydrogen) atoms. The van der Waals surface area contributed by atoms with Crippen LogP contribution >= 0.6 is 0 Å². The number of fused-ring (bicyclic) bond motifs is 1. The van der Waals surface area contributed by atoms with Gasteiger partial charge in [0.15, 0.2) is 6.29 Å². The summed E-state index contributed by atoms with van der Waals surface area (Å²) < 4.78 is 5.03. The molecule has 0 atom stereocenters. The SMILES string of the molecule is COc1nccc2c(C=O)c[nH]c12. The minimum Gasteiger partial charge on any atom is -0.479 e. The van der Waals surface area contributed by atoms with Gasteiger partial charge in [0.05, 0.1) is 7.11 Å². The number of aromatic amines is 1. The lowest BCUT2D eigenvalue weighted by atomic mass is 10.2. The molecule has 4 heteroatoms. The zero-order valence-electron chi connectivity index (χ0n) is 7.07. The lowest BCUT2D eigenvalue weighted by Gasteiger charge is -1.98. The summed E-state index contributed by atoms with van der Waals surface area (Å²) in [5, 5.41) is 0.835. The fraction of sp³-hybridized carbons (Fsp3) is 0.111. The van der Waals surface area contributed by atoms with E-state index in [1.807, 2.05) is 0 Å². The minimum atomic E-state index is 0.505. The molecule has 2 aromatic heterocycles. The van der Waals surface area contributed by atoms with Crippen LogP contribution in [-0.4, -0.2) is 23.4 Å². The zero-order chi connectivity index (χ0) is 9.26. The quantitative estimate of drug-likeness (QED) is 0.703. The van der Waals surface area contributed by atoms with Crippen LogP contribution in [-0.2, 0) is 0 Å². The van der Waals surface area contributed by atoms with Gasteiger partial charge >= 0.3 is 0 Å². The van der Waals surface area contributed by atoms with E-state index in [9.17, 15) is 4.79 Å². The molecule has 0 aliphatic heterocycles. The monoisotopic (exact) mass is 176 g/mol. The van der Waals surface area contributed by atoms with Crippen LogP contribution in [0.2, 0.25) is 0 Å². The van der Waals surface area contributed by atoms with Crippen LogP contribution in [0, 0.1) is 0 Å². The number of methoxy groups -OCH3 is 1. The number of H-pyrrole nitrogens is 1. The van der Waals surface area contributed by atoms with Gasteiger partial charge in [-0.25, -0.2) is 4.98 Å². The van der Waals surface area contributed by atoms with E-state index < -0.39 is 0 Å². The molecule has 0 saturated carbocycles. The fourth-order valence-electron chi connectivity index (χ4n) is 1.30. The third-order valence-electron chi connectivity index (χ3n) is 1.92. The highest BCUT2D eigenvalue weighted by atomic mass is 16.5. The van der Waals surface area contributed by atoms with Crippen molar-refractivity contribution in [2.45, 2.75) is 0 Å². The van der Waals surface area contributed by atoms with Crippen LogP contribution < -0.4 is 4.74 Å². The first-order valence-electron chi connectivity index (χ1n) is 3.82. The summed E-state index contributed by atoms with van der Waals surface area (Å²) in [6.45, 7) is 0. The van der Waals surface area contributed by atoms with Crippen molar-refractivity contribution >= 4 is 17.2 Å². The normalized spacial score (nSPS) is 10.2. The van der Waals surface area contributed by atoms with Crippen molar-refractivity contribution in [3.05, 3.63) is 24.0 Å². The van der Waals surface area contributed by atoms with Gasteiger partial charge in [0.25, 0.3) is 0 Å². The van der Waals surface area contributed by atoms with E-state index in [-0.39, 0.29) is 0 Å². The van der Waals surface area contributed by atoms with E-state index in [2.05, 4.69) is 9.97 Å². The second-order valence-corrected chi connectivity index (χ2v) is 2.60. The highest BCUT2D eigenvalue weighted by Crippen LogP contribution is 2.23. The first kappa shape index (κ1) is 7.79. The standard InChI is InChI=1S/C9H8N2O2/c1-13-9-8-7(2-3-10-9)6(5-12)4-11-8/h2-5,11H,1H3. The maximum absolute atomic E-state index is 10.6. The summed E-state index contributed by atoms with van der Waals surface area (Å²) in [5.74, 6) is 0.505. The largest absolute Gasteiger partial charge is 0.479 e. The van der Waals surface area contributed by atoms with Crippen LogP contribution in [0.15, 0.2) is 18.5 Å². The molecule has 0 radical (unpaired) electrons. The minimum absolute atomic E-state index is 0.505. The van der Waals surface area contributed by atoms with Gasteiger partial charge in [0.1, 0.15) is 5.52 Å². The summed E-state index contributed by atoms with van der Waals surface area (Å²) in [6.07, 6.45) is 4.06. The Kier molecular flexibility index (Phi) is 1.73. The number of hydrogen-bond acceptors (Lipinski definition) is 3. The number of aldehydes is 1. The summed E-state index contributed by atoms with van der Waals surface area (Å²) in [5.41, 5.74) is 1.38. The molecule has 0 unspecified atom stereocenters. The lowest BCUT2D eigenvalue weighted by Crippen LogP contribution is -1.87. The Bertz CT molecular complexity index is 448. The number of nitrogens with one attached hydrogen (secondary N) is 1.